The molecular weight excluding hydrogens is 383 g/mol. The van der Waals surface area contributed by atoms with Gasteiger partial charge in [-0.3, -0.25) is 9.59 Å². The average Bonchev–Trinajstić information content (AvgIpc) is 2.45. The van der Waals surface area contributed by atoms with Gasteiger partial charge in [0.2, 0.25) is 9.70 Å². The maximum Gasteiger partial charge on any atom is 0.228 e. The van der Waals surface area contributed by atoms with Gasteiger partial charge in [-0.25, -0.2) is 0 Å². The first-order valence-corrected chi connectivity index (χ1v) is 7.92. The molecule has 0 saturated heterocycles. The van der Waals surface area contributed by atoms with Crippen molar-refractivity contribution in [1.82, 2.24) is 10.6 Å². The van der Waals surface area contributed by atoms with Gasteiger partial charge in [0, 0.05) is 18.2 Å². The predicted octanol–water partition coefficient (Wildman–Crippen LogP) is 1.95. The first-order chi connectivity index (χ1) is 10.6. The van der Waals surface area contributed by atoms with E-state index < -0.39 is 9.96 Å². The number of nitrogens with one attached hydrogen (secondary N) is 3. The highest BCUT2D eigenvalue weighted by molar-refractivity contribution is 7.80. The van der Waals surface area contributed by atoms with E-state index >= 15 is 0 Å². The van der Waals surface area contributed by atoms with Crippen LogP contribution in [0.4, 0.5) is 5.69 Å². The van der Waals surface area contributed by atoms with E-state index in [1.807, 2.05) is 0 Å². The number of anilines is 1. The number of Topliss-reactive ketones (excluding diaryl/α,β-unsaturated/α-hetero) is 1. The molecule has 0 aliphatic rings. The van der Waals surface area contributed by atoms with Gasteiger partial charge in [-0.15, -0.1) is 0 Å². The molecule has 0 bridgehead atoms. The summed E-state index contributed by atoms with van der Waals surface area (Å²) in [7, 11) is 0. The highest BCUT2D eigenvalue weighted by atomic mass is 35.6. The summed E-state index contributed by atoms with van der Waals surface area (Å²) in [5, 5.41) is 8.11. The molecule has 1 rings (SSSR count). The normalized spacial score (nSPS) is 12.2. The summed E-state index contributed by atoms with van der Waals surface area (Å²) >= 11 is 22.4. The van der Waals surface area contributed by atoms with Crippen LogP contribution in [0.5, 0.6) is 0 Å². The van der Waals surface area contributed by atoms with Crippen LogP contribution in [0.2, 0.25) is 0 Å². The summed E-state index contributed by atoms with van der Waals surface area (Å²) in [6.45, 7) is 1.23. The molecule has 0 saturated carbocycles. The second kappa shape index (κ2) is 8.65. The van der Waals surface area contributed by atoms with Crippen molar-refractivity contribution in [2.45, 2.75) is 16.9 Å². The summed E-state index contributed by atoms with van der Waals surface area (Å²) in [4.78, 5) is 22.6. The number of carbonyl (C=O) groups is 2. The van der Waals surface area contributed by atoms with Crippen LogP contribution in [0.25, 0.3) is 0 Å². The maximum atomic E-state index is 11.4. The fraction of sp³-hybridized carbons (Fsp3) is 0.308. The smallest absolute Gasteiger partial charge is 0.228 e. The van der Waals surface area contributed by atoms with Crippen LogP contribution in [0.3, 0.4) is 0 Å². The molecule has 1 aromatic carbocycles. The fourth-order valence-electron chi connectivity index (χ4n) is 1.56. The van der Waals surface area contributed by atoms with Crippen molar-refractivity contribution in [2.75, 3.05) is 11.9 Å². The molecule has 1 unspecified atom stereocenters. The molecule has 10 heteroatoms. The molecule has 0 aromatic heterocycles. The third-order valence-corrected chi connectivity index (χ3v) is 3.48. The van der Waals surface area contributed by atoms with Crippen LogP contribution in [-0.2, 0) is 4.79 Å². The van der Waals surface area contributed by atoms with Gasteiger partial charge >= 0.3 is 0 Å². The molecule has 126 valence electrons. The summed E-state index contributed by atoms with van der Waals surface area (Å²) in [5.74, 6) is -0.555. The number of hydrogen-bond acceptors (Lipinski definition) is 4. The number of thiocarbonyl (C=S) groups is 1. The Kier molecular flexibility index (Phi) is 7.50. The maximum absolute atomic E-state index is 11.4. The van der Waals surface area contributed by atoms with Crippen LogP contribution < -0.4 is 21.7 Å². The Bertz CT molecular complexity index is 590. The second-order valence-corrected chi connectivity index (χ2v) is 7.26. The molecular formula is C13H15Cl3N4O2S. The number of halogens is 3. The zero-order valence-corrected chi connectivity index (χ0v) is 15.1. The summed E-state index contributed by atoms with van der Waals surface area (Å²) < 4.78 is -1.80. The van der Waals surface area contributed by atoms with E-state index in [0.29, 0.717) is 11.3 Å². The molecule has 0 heterocycles. The number of carbonyl (C=O) groups excluding carboxylic acids is 2. The Morgan fingerprint density at radius 1 is 1.22 bits per heavy atom. The van der Waals surface area contributed by atoms with Crippen molar-refractivity contribution >= 4 is 69.5 Å². The van der Waals surface area contributed by atoms with Gasteiger partial charge < -0.3 is 21.7 Å². The number of alkyl halides is 3. The minimum absolute atomic E-state index is 0.0611. The van der Waals surface area contributed by atoms with Gasteiger partial charge in [0.25, 0.3) is 0 Å². The van der Waals surface area contributed by atoms with E-state index in [4.69, 9.17) is 52.8 Å². The summed E-state index contributed by atoms with van der Waals surface area (Å²) in [5.41, 5.74) is 6.40. The Morgan fingerprint density at radius 2 is 1.78 bits per heavy atom. The van der Waals surface area contributed by atoms with E-state index in [1.54, 1.807) is 24.3 Å². The number of rotatable bonds is 5. The molecule has 0 aliphatic heterocycles. The lowest BCUT2D eigenvalue weighted by Gasteiger charge is -2.27. The summed E-state index contributed by atoms with van der Waals surface area (Å²) in [6.07, 6.45) is -1.01. The van der Waals surface area contributed by atoms with E-state index in [-0.39, 0.29) is 23.3 Å². The highest BCUT2D eigenvalue weighted by Crippen LogP contribution is 2.29. The number of amides is 1. The number of nitrogens with two attached hydrogens (primary N) is 1. The predicted molar refractivity (Wildman–Crippen MR) is 97.1 cm³/mol. The van der Waals surface area contributed by atoms with E-state index in [9.17, 15) is 9.59 Å². The molecule has 1 aromatic rings. The van der Waals surface area contributed by atoms with Gasteiger partial charge in [-0.1, -0.05) is 34.8 Å². The van der Waals surface area contributed by atoms with Crippen LogP contribution in [0.15, 0.2) is 24.3 Å². The molecule has 0 spiro atoms. The molecule has 23 heavy (non-hydrogen) atoms. The van der Waals surface area contributed by atoms with E-state index in [0.717, 1.165) is 0 Å². The van der Waals surface area contributed by atoms with Crippen molar-refractivity contribution in [1.29, 1.82) is 0 Å². The minimum Gasteiger partial charge on any atom is -0.339 e. The van der Waals surface area contributed by atoms with Crippen molar-refractivity contribution in [3.63, 3.8) is 0 Å². The standard InChI is InChI=1S/C13H15Cl3N4O2S/c1-7(21)18-11(13(14,15)16)20-12(23)19-9-4-2-8(3-5-9)10(22)6-17/h2-5,11H,6,17H2,1H3,(H,18,21)(H2,19,20,23). The van der Waals surface area contributed by atoms with Crippen LogP contribution in [-0.4, -0.2) is 33.3 Å². The monoisotopic (exact) mass is 396 g/mol. The van der Waals surface area contributed by atoms with Crippen LogP contribution in [0, 0.1) is 0 Å². The van der Waals surface area contributed by atoms with Crippen molar-refractivity contribution in [3.05, 3.63) is 29.8 Å². The van der Waals surface area contributed by atoms with Crippen LogP contribution in [0.1, 0.15) is 17.3 Å². The van der Waals surface area contributed by atoms with E-state index in [1.165, 1.54) is 6.92 Å². The quantitative estimate of drug-likeness (QED) is 0.262. The highest BCUT2D eigenvalue weighted by Gasteiger charge is 2.33. The molecule has 1 amide bonds. The zero-order valence-electron chi connectivity index (χ0n) is 12.0. The van der Waals surface area contributed by atoms with Gasteiger partial charge in [0.15, 0.2) is 10.9 Å². The topological polar surface area (TPSA) is 96.2 Å². The fourth-order valence-corrected chi connectivity index (χ4v) is 2.12. The zero-order chi connectivity index (χ0) is 17.6. The van der Waals surface area contributed by atoms with Gasteiger partial charge in [0.05, 0.1) is 6.54 Å². The molecule has 0 aliphatic carbocycles. The molecule has 0 radical (unpaired) electrons. The number of hydrogen-bond donors (Lipinski definition) is 4. The first kappa shape index (κ1) is 19.9. The second-order valence-electron chi connectivity index (χ2n) is 4.48. The number of benzene rings is 1. The van der Waals surface area contributed by atoms with E-state index in [2.05, 4.69) is 16.0 Å². The molecule has 6 nitrogen and oxygen atoms in total. The lowest BCUT2D eigenvalue weighted by molar-refractivity contribution is -0.119. The minimum atomic E-state index is -1.80. The van der Waals surface area contributed by atoms with Crippen molar-refractivity contribution < 1.29 is 9.59 Å². The third kappa shape index (κ3) is 6.88. The first-order valence-electron chi connectivity index (χ1n) is 6.38. The van der Waals surface area contributed by atoms with Gasteiger partial charge in [-0.2, -0.15) is 0 Å². The Hall–Kier alpha value is -1.12. The molecule has 1 atom stereocenters. The average molecular weight is 398 g/mol. The Morgan fingerprint density at radius 3 is 2.22 bits per heavy atom. The van der Waals surface area contributed by atoms with Crippen molar-refractivity contribution in [2.24, 2.45) is 5.73 Å². The largest absolute Gasteiger partial charge is 0.339 e. The summed E-state index contributed by atoms with van der Waals surface area (Å²) in [6, 6.07) is 6.53. The molecule has 0 fully saturated rings. The Balaban J connectivity index is 2.71. The number of ketones is 1. The lowest BCUT2D eigenvalue weighted by Crippen LogP contribution is -2.55. The van der Waals surface area contributed by atoms with Gasteiger partial charge in [0.1, 0.15) is 6.17 Å². The SMILES string of the molecule is CC(=O)NC(NC(=S)Nc1ccc(C(=O)CN)cc1)C(Cl)(Cl)Cl. The third-order valence-electron chi connectivity index (χ3n) is 2.60. The van der Waals surface area contributed by atoms with Crippen LogP contribution >= 0.6 is 47.0 Å². The van der Waals surface area contributed by atoms with Gasteiger partial charge in [-0.05, 0) is 36.5 Å². The Labute approximate surface area is 154 Å². The van der Waals surface area contributed by atoms with Crippen molar-refractivity contribution in [3.8, 4) is 0 Å². The molecule has 5 N–H and O–H groups in total. The lowest BCUT2D eigenvalue weighted by atomic mass is 10.1.